The molecule has 0 bridgehead atoms. The van der Waals surface area contributed by atoms with Crippen LogP contribution in [0.25, 0.3) is 0 Å². The Labute approximate surface area is 32.6 Å². The molecule has 0 aliphatic carbocycles. The molecule has 0 aromatic carbocycles. The van der Waals surface area contributed by atoms with Gasteiger partial charge >= 0.3 is 0 Å². The van der Waals surface area contributed by atoms with Crippen LogP contribution in [0.1, 0.15) is 0 Å². The molecule has 2 unspecified atom stereocenters. The van der Waals surface area contributed by atoms with Crippen LogP contribution in [0.3, 0.4) is 0 Å². The molecular weight excluding hydrogens is 85.0 g/mol. The number of hydrogen-bond acceptors (Lipinski definition) is 1. The van der Waals surface area contributed by atoms with Gasteiger partial charge in [0.25, 0.3) is 0 Å². The van der Waals surface area contributed by atoms with Crippen LogP contribution in [0, 0.1) is 5.21 Å². The zero-order valence-electron chi connectivity index (χ0n) is 2.82. The summed E-state index contributed by atoms with van der Waals surface area (Å²) >= 11 is 0. The maximum atomic E-state index is 9.91. The van der Waals surface area contributed by atoms with Crippen molar-refractivity contribution in [1.82, 2.24) is 0 Å². The first-order chi connectivity index (χ1) is 2.39. The molecule has 1 aliphatic rings. The van der Waals surface area contributed by atoms with E-state index in [0.29, 0.717) is 13.6 Å². The summed E-state index contributed by atoms with van der Waals surface area (Å²) in [7, 11) is 0.656. The number of hydrogen-bond donors (Lipinski definition) is 1. The van der Waals surface area contributed by atoms with E-state index in [0.717, 1.165) is 6.54 Å². The average Bonchev–Trinajstić information content (AvgIpc) is 1.30. The van der Waals surface area contributed by atoms with Gasteiger partial charge in [0.2, 0.25) is 0 Å². The fourth-order valence-corrected chi connectivity index (χ4v) is 0.681. The number of rotatable bonds is 0. The molecule has 1 fully saturated rings. The van der Waals surface area contributed by atoms with E-state index in [-0.39, 0.29) is 0 Å². The van der Waals surface area contributed by atoms with E-state index in [9.17, 15) is 5.21 Å². The molecule has 0 radical (unpaired) electrons. The summed E-state index contributed by atoms with van der Waals surface area (Å²) in [5.74, 6) is 0. The summed E-state index contributed by atoms with van der Waals surface area (Å²) in [6.45, 7) is 0.860. The standard InChI is InChI=1S/C2H6NOP/c4-3-1-2-5-3/h3,5H,1-2H2. The molecule has 0 aromatic rings. The second kappa shape index (κ2) is 1.21. The van der Waals surface area contributed by atoms with Crippen molar-refractivity contribution in [1.29, 1.82) is 0 Å². The SMILES string of the molecule is [O-][NH+]1CCP1. The minimum atomic E-state index is 0.463. The molecule has 30 valence electrons. The largest absolute Gasteiger partial charge is 0.633 e. The van der Waals surface area contributed by atoms with Crippen molar-refractivity contribution in [2.24, 2.45) is 0 Å². The molecule has 1 rings (SSSR count). The van der Waals surface area contributed by atoms with Crippen LogP contribution in [0.4, 0.5) is 0 Å². The predicted molar refractivity (Wildman–Crippen MR) is 22.4 cm³/mol. The maximum Gasteiger partial charge on any atom is 0.0934 e. The number of quaternary nitrogens is 1. The Balaban J connectivity index is 2.08. The molecule has 5 heavy (non-hydrogen) atoms. The van der Waals surface area contributed by atoms with Gasteiger partial charge in [0.15, 0.2) is 0 Å². The second-order valence-corrected chi connectivity index (χ2v) is 2.51. The first kappa shape index (κ1) is 3.54. The van der Waals surface area contributed by atoms with Crippen LogP contribution >= 0.6 is 8.73 Å². The summed E-state index contributed by atoms with van der Waals surface area (Å²) in [5, 5.41) is 9.91. The fourth-order valence-electron chi connectivity index (χ4n) is 0.227. The average molecular weight is 91.0 g/mol. The van der Waals surface area contributed by atoms with Crippen molar-refractivity contribution in [3.63, 3.8) is 0 Å². The van der Waals surface area contributed by atoms with E-state index in [4.69, 9.17) is 0 Å². The lowest BCUT2D eigenvalue weighted by molar-refractivity contribution is -0.720. The van der Waals surface area contributed by atoms with Gasteiger partial charge in [-0.3, -0.25) is 0 Å². The first-order valence-corrected chi connectivity index (χ1v) is 2.87. The van der Waals surface area contributed by atoms with Gasteiger partial charge in [-0.15, -0.1) is 0 Å². The van der Waals surface area contributed by atoms with Gasteiger partial charge in [-0.2, -0.15) is 0 Å². The van der Waals surface area contributed by atoms with Gasteiger partial charge in [0.05, 0.1) is 21.4 Å². The van der Waals surface area contributed by atoms with Crippen molar-refractivity contribution in [2.75, 3.05) is 12.7 Å². The highest BCUT2D eigenvalue weighted by molar-refractivity contribution is 7.31. The minimum Gasteiger partial charge on any atom is -0.633 e. The van der Waals surface area contributed by atoms with Gasteiger partial charge in [-0.1, -0.05) is 0 Å². The number of nitrogens with one attached hydrogen (secondary N) is 1. The van der Waals surface area contributed by atoms with Gasteiger partial charge in [0, 0.05) is 0 Å². The summed E-state index contributed by atoms with van der Waals surface area (Å²) in [4.78, 5) is 0.463. The van der Waals surface area contributed by atoms with Crippen molar-refractivity contribution in [2.45, 2.75) is 0 Å². The Morgan fingerprint density at radius 3 is 2.20 bits per heavy atom. The van der Waals surface area contributed by atoms with Crippen molar-refractivity contribution < 1.29 is 4.83 Å². The Morgan fingerprint density at radius 1 is 1.80 bits per heavy atom. The molecule has 1 heterocycles. The highest BCUT2D eigenvalue weighted by atomic mass is 31.1. The van der Waals surface area contributed by atoms with Crippen LogP contribution in [0.15, 0.2) is 0 Å². The Bertz CT molecular complexity index is 36.6. The maximum absolute atomic E-state index is 9.91. The van der Waals surface area contributed by atoms with E-state index < -0.39 is 0 Å². The van der Waals surface area contributed by atoms with Crippen LogP contribution in [0.2, 0.25) is 0 Å². The lowest BCUT2D eigenvalue weighted by Crippen LogP contribution is -3.05. The van der Waals surface area contributed by atoms with E-state index in [1.165, 1.54) is 6.16 Å². The van der Waals surface area contributed by atoms with Gasteiger partial charge in [-0.05, 0) is 0 Å². The van der Waals surface area contributed by atoms with Gasteiger partial charge in [-0.25, -0.2) is 0 Å². The zero-order chi connectivity index (χ0) is 3.70. The van der Waals surface area contributed by atoms with Crippen LogP contribution < -0.4 is 4.83 Å². The molecule has 2 nitrogen and oxygen atoms in total. The van der Waals surface area contributed by atoms with Crippen LogP contribution in [0.5, 0.6) is 0 Å². The summed E-state index contributed by atoms with van der Waals surface area (Å²) in [5.41, 5.74) is 0. The lowest BCUT2D eigenvalue weighted by Gasteiger charge is -2.28. The third-order valence-corrected chi connectivity index (χ3v) is 1.82. The van der Waals surface area contributed by atoms with Crippen molar-refractivity contribution >= 4 is 8.73 Å². The highest BCUT2D eigenvalue weighted by Gasteiger charge is 2.07. The van der Waals surface area contributed by atoms with E-state index in [1.54, 1.807) is 0 Å². The van der Waals surface area contributed by atoms with Crippen molar-refractivity contribution in [3.8, 4) is 0 Å². The molecule has 0 aromatic heterocycles. The smallest absolute Gasteiger partial charge is 0.0934 e. The first-order valence-electron chi connectivity index (χ1n) is 1.66. The topological polar surface area (TPSA) is 27.5 Å². The molecule has 2 atom stereocenters. The highest BCUT2D eigenvalue weighted by Crippen LogP contribution is 1.99. The van der Waals surface area contributed by atoms with Crippen LogP contribution in [-0.2, 0) is 0 Å². The molecule has 0 spiro atoms. The van der Waals surface area contributed by atoms with Crippen LogP contribution in [-0.4, -0.2) is 12.7 Å². The van der Waals surface area contributed by atoms with E-state index >= 15 is 0 Å². The lowest BCUT2D eigenvalue weighted by atomic mass is 10.8. The van der Waals surface area contributed by atoms with E-state index in [2.05, 4.69) is 0 Å². The minimum absolute atomic E-state index is 0.463. The molecule has 1 aliphatic heterocycles. The molecule has 1 N–H and O–H groups in total. The number of hydroxylamine groups is 1. The molecule has 0 amide bonds. The summed E-state index contributed by atoms with van der Waals surface area (Å²) in [6, 6.07) is 0. The van der Waals surface area contributed by atoms with Gasteiger partial charge < -0.3 is 10.0 Å². The molecular formula is C2H6NOP. The Hall–Kier alpha value is 0.350. The molecule has 0 saturated carbocycles. The second-order valence-electron chi connectivity index (χ2n) is 1.10. The zero-order valence-corrected chi connectivity index (χ0v) is 3.82. The Morgan fingerprint density at radius 2 is 2.20 bits per heavy atom. The van der Waals surface area contributed by atoms with Crippen molar-refractivity contribution in [3.05, 3.63) is 5.21 Å². The Kier molecular flexibility index (Phi) is 0.856. The normalized spacial score (nSPS) is 41.4. The van der Waals surface area contributed by atoms with E-state index in [1.807, 2.05) is 0 Å². The summed E-state index contributed by atoms with van der Waals surface area (Å²) < 4.78 is 0. The quantitative estimate of drug-likeness (QED) is 0.300. The monoisotopic (exact) mass is 91.0 g/mol. The molecule has 1 saturated heterocycles. The molecule has 3 heteroatoms. The fraction of sp³-hybridized carbons (Fsp3) is 1.00. The third-order valence-electron chi connectivity index (χ3n) is 0.674. The summed E-state index contributed by atoms with van der Waals surface area (Å²) in [6.07, 6.45) is 1.17. The van der Waals surface area contributed by atoms with Gasteiger partial charge in [0.1, 0.15) is 0 Å². The predicted octanol–water partition coefficient (Wildman–Crippen LogP) is -1.02. The third kappa shape index (κ3) is 0.596.